The number of hydrogen-bond donors (Lipinski definition) is 0. The molecule has 0 aliphatic heterocycles. The zero-order chi connectivity index (χ0) is 13.6. The molecule has 0 bridgehead atoms. The van der Waals surface area contributed by atoms with Gasteiger partial charge < -0.3 is 39.6 Å². The molecule has 13 heteroatoms. The van der Waals surface area contributed by atoms with Crippen molar-refractivity contribution < 1.29 is 115 Å². The normalized spacial score (nSPS) is 9.76. The van der Waals surface area contributed by atoms with Gasteiger partial charge in [-0.05, 0) is 0 Å². The van der Waals surface area contributed by atoms with E-state index in [-0.39, 0.29) is 75.4 Å². The van der Waals surface area contributed by atoms with Crippen molar-refractivity contribution >= 4 is 23.9 Å². The Hall–Kier alpha value is 0.230. The molecule has 0 amide bonds. The Morgan fingerprint density at radius 1 is 0.714 bits per heavy atom. The molecule has 0 rings (SSSR count). The van der Waals surface area contributed by atoms with Crippen LogP contribution in [0.5, 0.6) is 0 Å². The van der Waals surface area contributed by atoms with Gasteiger partial charge in [-0.2, -0.15) is 0 Å². The molecule has 0 fully saturated rings. The molecule has 0 saturated heterocycles. The molecule has 0 aromatic rings. The molecule has 0 aliphatic carbocycles. The van der Waals surface area contributed by atoms with Gasteiger partial charge in [-0.3, -0.25) is 4.90 Å². The molecular formula is C8H7Li4NO8. The van der Waals surface area contributed by atoms with Gasteiger partial charge in [-0.1, -0.05) is 0 Å². The predicted molar refractivity (Wildman–Crippen MR) is 40.0 cm³/mol. The van der Waals surface area contributed by atoms with Gasteiger partial charge in [-0.15, -0.1) is 0 Å². The fraction of sp³-hybridized carbons (Fsp3) is 0.500. The van der Waals surface area contributed by atoms with Crippen LogP contribution in [0.1, 0.15) is 6.42 Å². The van der Waals surface area contributed by atoms with Crippen LogP contribution in [0.3, 0.4) is 0 Å². The van der Waals surface area contributed by atoms with Crippen LogP contribution >= 0.6 is 0 Å². The van der Waals surface area contributed by atoms with E-state index < -0.39 is 49.4 Å². The molecule has 0 aromatic carbocycles. The largest absolute Gasteiger partial charge is 1.00 e. The van der Waals surface area contributed by atoms with E-state index in [0.717, 1.165) is 0 Å². The zero-order valence-corrected chi connectivity index (χ0v) is 12.4. The quantitative estimate of drug-likeness (QED) is 0.390. The molecule has 9 nitrogen and oxygen atoms in total. The Balaban J connectivity index is -0.000000213. The molecule has 0 aliphatic rings. The molecule has 0 N–H and O–H groups in total. The summed E-state index contributed by atoms with van der Waals surface area (Å²) in [7, 11) is 0. The van der Waals surface area contributed by atoms with Crippen molar-refractivity contribution in [1.29, 1.82) is 0 Å². The Labute approximate surface area is 168 Å². The van der Waals surface area contributed by atoms with E-state index in [2.05, 4.69) is 0 Å². The summed E-state index contributed by atoms with van der Waals surface area (Å²) >= 11 is 0. The summed E-state index contributed by atoms with van der Waals surface area (Å²) in [6.45, 7) is -2.17. The minimum atomic E-state index is -1.95. The molecule has 0 heterocycles. The van der Waals surface area contributed by atoms with Crippen LogP contribution in [-0.2, 0) is 19.2 Å². The van der Waals surface area contributed by atoms with Gasteiger partial charge in [0, 0.05) is 25.5 Å². The number of carboxylic acids is 4. The van der Waals surface area contributed by atoms with Gasteiger partial charge in [0.1, 0.15) is 0 Å². The van der Waals surface area contributed by atoms with Crippen LogP contribution in [0.15, 0.2) is 0 Å². The van der Waals surface area contributed by atoms with Crippen molar-refractivity contribution in [1.82, 2.24) is 4.90 Å². The van der Waals surface area contributed by atoms with E-state index in [1.165, 1.54) is 0 Å². The van der Waals surface area contributed by atoms with Gasteiger partial charge in [0.15, 0.2) is 0 Å². The number of nitrogens with zero attached hydrogens (tertiary/aromatic N) is 1. The number of carbonyl (C=O) groups is 4. The van der Waals surface area contributed by atoms with Gasteiger partial charge in [-0.25, -0.2) is 0 Å². The summed E-state index contributed by atoms with van der Waals surface area (Å²) in [6.07, 6.45) is -1.11. The topological polar surface area (TPSA) is 164 Å². The van der Waals surface area contributed by atoms with Crippen molar-refractivity contribution in [2.45, 2.75) is 12.5 Å². The summed E-state index contributed by atoms with van der Waals surface area (Å²) in [6, 6.07) is -1.95. The maximum atomic E-state index is 10.6. The van der Waals surface area contributed by atoms with Crippen LogP contribution in [0.2, 0.25) is 0 Å². The maximum Gasteiger partial charge on any atom is 1.00 e. The summed E-state index contributed by atoms with van der Waals surface area (Å²) in [4.78, 5) is 41.7. The summed E-state index contributed by atoms with van der Waals surface area (Å²) in [5, 5.41) is 41.3. The average molecular weight is 273 g/mol. The summed E-state index contributed by atoms with van der Waals surface area (Å²) in [5.74, 6) is -7.26. The zero-order valence-electron chi connectivity index (χ0n) is 12.4. The smallest absolute Gasteiger partial charge is 0.550 e. The molecule has 0 aromatic heterocycles. The first-order valence-electron chi connectivity index (χ1n) is 4.28. The monoisotopic (exact) mass is 273 g/mol. The first-order valence-corrected chi connectivity index (χ1v) is 4.28. The predicted octanol–water partition coefficient (Wildman–Crippen LogP) is -18.9. The molecule has 21 heavy (non-hydrogen) atoms. The van der Waals surface area contributed by atoms with Crippen molar-refractivity contribution in [2.24, 2.45) is 0 Å². The van der Waals surface area contributed by atoms with Crippen LogP contribution in [0, 0.1) is 0 Å². The first-order chi connectivity index (χ1) is 7.73. The Kier molecular flexibility index (Phi) is 26.1. The fourth-order valence-electron chi connectivity index (χ4n) is 1.13. The molecule has 1 atom stereocenters. The Bertz CT molecular complexity index is 337. The molecule has 0 saturated carbocycles. The van der Waals surface area contributed by atoms with Gasteiger partial charge >= 0.3 is 75.4 Å². The van der Waals surface area contributed by atoms with Crippen molar-refractivity contribution in [3.63, 3.8) is 0 Å². The molecule has 0 radical (unpaired) electrons. The first kappa shape index (κ1) is 33.0. The van der Waals surface area contributed by atoms with E-state index in [0.29, 0.717) is 4.90 Å². The van der Waals surface area contributed by atoms with E-state index >= 15 is 0 Å². The van der Waals surface area contributed by atoms with Crippen molar-refractivity contribution in [2.75, 3.05) is 13.1 Å². The van der Waals surface area contributed by atoms with Crippen LogP contribution in [-0.4, -0.2) is 47.9 Å². The third kappa shape index (κ3) is 16.4. The number of aliphatic carboxylic acids is 4. The molecule has 96 valence electrons. The second-order valence-electron chi connectivity index (χ2n) is 3.06. The van der Waals surface area contributed by atoms with E-state index in [1.54, 1.807) is 0 Å². The van der Waals surface area contributed by atoms with Gasteiger partial charge in [0.05, 0.1) is 23.9 Å². The van der Waals surface area contributed by atoms with Gasteiger partial charge in [0.2, 0.25) is 0 Å². The third-order valence-electron chi connectivity index (χ3n) is 1.74. The Morgan fingerprint density at radius 2 is 1.05 bits per heavy atom. The van der Waals surface area contributed by atoms with E-state index in [4.69, 9.17) is 0 Å². The van der Waals surface area contributed by atoms with Crippen molar-refractivity contribution in [3.8, 4) is 0 Å². The second kappa shape index (κ2) is 16.6. The number of carboxylic acid groups (broad SMARTS) is 4. The molecule has 0 unspecified atom stereocenters. The van der Waals surface area contributed by atoms with E-state index in [9.17, 15) is 39.6 Å². The minimum absolute atomic E-state index is 0. The molecular weight excluding hydrogens is 266 g/mol. The molecule has 0 spiro atoms. The summed E-state index contributed by atoms with van der Waals surface area (Å²) in [5.41, 5.74) is 0. The standard InChI is InChI=1S/C8H11NO8.4Li/c10-5(11)1-4(8(16)17)9(2-6(12)13)3-7(14)15;;;;/h4H,1-3H2,(H,10,11)(H,12,13)(H,14,15)(H,16,17);;;;/q;4*+1/p-4/t4-;;;;/m0..../s1. The van der Waals surface area contributed by atoms with Crippen LogP contribution in [0.25, 0.3) is 0 Å². The summed E-state index contributed by atoms with van der Waals surface area (Å²) < 4.78 is 0. The fourth-order valence-corrected chi connectivity index (χ4v) is 1.13. The number of carbonyl (C=O) groups excluding carboxylic acids is 4. The van der Waals surface area contributed by atoms with Gasteiger partial charge in [0.25, 0.3) is 0 Å². The van der Waals surface area contributed by atoms with Crippen molar-refractivity contribution in [3.05, 3.63) is 0 Å². The van der Waals surface area contributed by atoms with Crippen LogP contribution < -0.4 is 95.9 Å². The van der Waals surface area contributed by atoms with E-state index in [1.807, 2.05) is 0 Å². The number of rotatable bonds is 8. The van der Waals surface area contributed by atoms with Crippen LogP contribution in [0.4, 0.5) is 0 Å². The Morgan fingerprint density at radius 3 is 1.24 bits per heavy atom. The maximum absolute atomic E-state index is 10.6. The SMILES string of the molecule is O=C([O-])C[C@@H](C(=O)[O-])N(CC(=O)[O-])CC(=O)[O-].[Li+].[Li+].[Li+].[Li+]. The number of hydrogen-bond acceptors (Lipinski definition) is 9. The average Bonchev–Trinajstić information content (AvgIpc) is 2.10. The minimum Gasteiger partial charge on any atom is -0.550 e. The third-order valence-corrected chi connectivity index (χ3v) is 1.74. The second-order valence-corrected chi connectivity index (χ2v) is 3.06.